The average Bonchev–Trinajstić information content (AvgIpc) is 2.36. The first-order valence-corrected chi connectivity index (χ1v) is 7.71. The van der Waals surface area contributed by atoms with E-state index in [1.807, 2.05) is 26.0 Å². The number of amides is 1. The van der Waals surface area contributed by atoms with E-state index in [4.69, 9.17) is 0 Å². The number of aliphatic carboxylic acids is 1. The van der Waals surface area contributed by atoms with Crippen molar-refractivity contribution in [1.29, 1.82) is 0 Å². The van der Waals surface area contributed by atoms with E-state index in [0.717, 1.165) is 16.4 Å². The number of benzene rings is 1. The standard InChI is InChI=1S/C15H18INO3/c1-15(2)8-5-9-17(12(15)14(19)20)13(18)10-6-3-4-7-11(10)16/h3-4,6-7,12H,5,8-9H2,1-2H3,(H,19,20). The Labute approximate surface area is 132 Å². The predicted octanol–water partition coefficient (Wildman–Crippen LogP) is 3.01. The Morgan fingerprint density at radius 1 is 1.35 bits per heavy atom. The van der Waals surface area contributed by atoms with E-state index in [1.54, 1.807) is 12.1 Å². The van der Waals surface area contributed by atoms with Gasteiger partial charge in [0.25, 0.3) is 5.91 Å². The van der Waals surface area contributed by atoms with Crippen LogP contribution in [0, 0.1) is 8.99 Å². The molecule has 5 heteroatoms. The zero-order valence-corrected chi connectivity index (χ0v) is 13.8. The molecule has 20 heavy (non-hydrogen) atoms. The van der Waals surface area contributed by atoms with Gasteiger partial charge < -0.3 is 10.0 Å². The summed E-state index contributed by atoms with van der Waals surface area (Å²) < 4.78 is 0.850. The monoisotopic (exact) mass is 387 g/mol. The maximum absolute atomic E-state index is 12.7. The Bertz CT molecular complexity index is 542. The molecule has 1 aromatic carbocycles. The Morgan fingerprint density at radius 3 is 2.60 bits per heavy atom. The molecule has 0 radical (unpaired) electrons. The van der Waals surface area contributed by atoms with Gasteiger partial charge in [-0.15, -0.1) is 0 Å². The Balaban J connectivity index is 2.37. The van der Waals surface area contributed by atoms with Crippen LogP contribution in [0.5, 0.6) is 0 Å². The number of hydrogen-bond acceptors (Lipinski definition) is 2. The van der Waals surface area contributed by atoms with E-state index < -0.39 is 17.4 Å². The molecule has 1 fully saturated rings. The van der Waals surface area contributed by atoms with Gasteiger partial charge in [0.05, 0.1) is 5.56 Å². The highest BCUT2D eigenvalue weighted by atomic mass is 127. The van der Waals surface area contributed by atoms with Crippen LogP contribution in [0.2, 0.25) is 0 Å². The second-order valence-electron chi connectivity index (χ2n) is 5.81. The van der Waals surface area contributed by atoms with Crippen molar-refractivity contribution in [3.63, 3.8) is 0 Å². The number of carboxylic acid groups (broad SMARTS) is 1. The maximum Gasteiger partial charge on any atom is 0.326 e. The zero-order valence-electron chi connectivity index (χ0n) is 11.6. The first kappa shape index (κ1) is 15.3. The molecule has 0 saturated carbocycles. The molecule has 1 heterocycles. The van der Waals surface area contributed by atoms with Crippen molar-refractivity contribution in [1.82, 2.24) is 4.90 Å². The molecule has 1 unspecified atom stereocenters. The normalized spacial score (nSPS) is 21.6. The largest absolute Gasteiger partial charge is 0.480 e. The minimum absolute atomic E-state index is 0.185. The van der Waals surface area contributed by atoms with Crippen LogP contribution in [0.4, 0.5) is 0 Å². The molecular formula is C15H18INO3. The van der Waals surface area contributed by atoms with Crippen LogP contribution < -0.4 is 0 Å². The van der Waals surface area contributed by atoms with E-state index in [1.165, 1.54) is 4.90 Å². The molecule has 108 valence electrons. The van der Waals surface area contributed by atoms with E-state index in [2.05, 4.69) is 22.6 Å². The van der Waals surface area contributed by atoms with E-state index >= 15 is 0 Å². The number of carbonyl (C=O) groups is 2. The lowest BCUT2D eigenvalue weighted by Gasteiger charge is -2.44. The summed E-state index contributed by atoms with van der Waals surface area (Å²) >= 11 is 2.11. The second-order valence-corrected chi connectivity index (χ2v) is 6.97. The Kier molecular flexibility index (Phi) is 4.36. The van der Waals surface area contributed by atoms with Gasteiger partial charge in [0.15, 0.2) is 0 Å². The van der Waals surface area contributed by atoms with Crippen molar-refractivity contribution in [2.24, 2.45) is 5.41 Å². The SMILES string of the molecule is CC1(C)CCCN(C(=O)c2ccccc2I)C1C(=O)O. The number of nitrogens with zero attached hydrogens (tertiary/aromatic N) is 1. The van der Waals surface area contributed by atoms with Gasteiger partial charge in [-0.25, -0.2) is 4.79 Å². The smallest absolute Gasteiger partial charge is 0.326 e. The van der Waals surface area contributed by atoms with Gasteiger partial charge in [0.1, 0.15) is 6.04 Å². The van der Waals surface area contributed by atoms with Crippen LogP contribution in [0.1, 0.15) is 37.0 Å². The molecular weight excluding hydrogens is 369 g/mol. The summed E-state index contributed by atoms with van der Waals surface area (Å²) in [7, 11) is 0. The molecule has 1 saturated heterocycles. The molecule has 0 aromatic heterocycles. The number of carboxylic acids is 1. The summed E-state index contributed by atoms with van der Waals surface area (Å²) in [5.74, 6) is -1.11. The van der Waals surface area contributed by atoms with Crippen LogP contribution in [0.3, 0.4) is 0 Å². The highest BCUT2D eigenvalue weighted by molar-refractivity contribution is 14.1. The summed E-state index contributed by atoms with van der Waals surface area (Å²) in [5, 5.41) is 9.51. The molecule has 1 N–H and O–H groups in total. The highest BCUT2D eigenvalue weighted by Crippen LogP contribution is 2.36. The third kappa shape index (κ3) is 2.82. The first-order valence-electron chi connectivity index (χ1n) is 6.63. The molecule has 1 atom stereocenters. The number of likely N-dealkylation sites (tertiary alicyclic amines) is 1. The minimum atomic E-state index is -0.922. The first-order chi connectivity index (χ1) is 9.34. The van der Waals surface area contributed by atoms with E-state index in [-0.39, 0.29) is 5.91 Å². The van der Waals surface area contributed by atoms with Crippen molar-refractivity contribution in [2.45, 2.75) is 32.7 Å². The quantitative estimate of drug-likeness (QED) is 0.794. The van der Waals surface area contributed by atoms with Crippen molar-refractivity contribution >= 4 is 34.5 Å². The van der Waals surface area contributed by atoms with Crippen molar-refractivity contribution in [2.75, 3.05) is 6.54 Å². The molecule has 0 bridgehead atoms. The lowest BCUT2D eigenvalue weighted by atomic mass is 9.76. The van der Waals surface area contributed by atoms with Crippen LogP contribution in [0.25, 0.3) is 0 Å². The fourth-order valence-electron chi connectivity index (χ4n) is 2.87. The summed E-state index contributed by atoms with van der Waals surface area (Å²) in [6.07, 6.45) is 1.66. The summed E-state index contributed by atoms with van der Waals surface area (Å²) in [6, 6.07) is 6.52. The molecule has 1 aliphatic rings. The predicted molar refractivity (Wildman–Crippen MR) is 84.6 cm³/mol. The number of piperidine rings is 1. The lowest BCUT2D eigenvalue weighted by molar-refractivity contribution is -0.148. The summed E-state index contributed by atoms with van der Waals surface area (Å²) in [6.45, 7) is 4.34. The molecule has 1 aliphatic heterocycles. The third-order valence-corrected chi connectivity index (χ3v) is 4.81. The number of rotatable bonds is 2. The Hall–Kier alpha value is -1.11. The molecule has 0 spiro atoms. The van der Waals surface area contributed by atoms with Crippen molar-refractivity contribution in [3.8, 4) is 0 Å². The van der Waals surface area contributed by atoms with Gasteiger partial charge in [-0.05, 0) is 53.0 Å². The maximum atomic E-state index is 12.7. The van der Waals surface area contributed by atoms with Crippen LogP contribution in [-0.4, -0.2) is 34.5 Å². The van der Waals surface area contributed by atoms with Gasteiger partial charge in [0, 0.05) is 10.1 Å². The molecule has 4 nitrogen and oxygen atoms in total. The number of carbonyl (C=O) groups excluding carboxylic acids is 1. The fourth-order valence-corrected chi connectivity index (χ4v) is 3.49. The number of halogens is 1. The van der Waals surface area contributed by atoms with Gasteiger partial charge in [-0.1, -0.05) is 26.0 Å². The van der Waals surface area contributed by atoms with Crippen LogP contribution >= 0.6 is 22.6 Å². The summed E-state index contributed by atoms with van der Waals surface area (Å²) in [4.78, 5) is 25.8. The second kappa shape index (κ2) is 5.71. The third-order valence-electron chi connectivity index (χ3n) is 3.87. The fraction of sp³-hybridized carbons (Fsp3) is 0.467. The average molecular weight is 387 g/mol. The van der Waals surface area contributed by atoms with Gasteiger partial charge in [-0.2, -0.15) is 0 Å². The topological polar surface area (TPSA) is 57.6 Å². The molecule has 2 rings (SSSR count). The lowest BCUT2D eigenvalue weighted by Crippen LogP contribution is -2.56. The Morgan fingerprint density at radius 2 is 2.00 bits per heavy atom. The van der Waals surface area contributed by atoms with Gasteiger partial charge >= 0.3 is 5.97 Å². The van der Waals surface area contributed by atoms with Crippen molar-refractivity contribution < 1.29 is 14.7 Å². The number of hydrogen-bond donors (Lipinski definition) is 1. The van der Waals surface area contributed by atoms with Crippen molar-refractivity contribution in [3.05, 3.63) is 33.4 Å². The van der Waals surface area contributed by atoms with E-state index in [0.29, 0.717) is 12.1 Å². The molecule has 1 amide bonds. The minimum Gasteiger partial charge on any atom is -0.480 e. The molecule has 0 aliphatic carbocycles. The van der Waals surface area contributed by atoms with E-state index in [9.17, 15) is 14.7 Å². The highest BCUT2D eigenvalue weighted by Gasteiger charge is 2.44. The molecule has 1 aromatic rings. The zero-order chi connectivity index (χ0) is 14.9. The van der Waals surface area contributed by atoms with Gasteiger partial charge in [-0.3, -0.25) is 4.79 Å². The van der Waals surface area contributed by atoms with Crippen LogP contribution in [-0.2, 0) is 4.79 Å². The van der Waals surface area contributed by atoms with Gasteiger partial charge in [0.2, 0.25) is 0 Å². The van der Waals surface area contributed by atoms with Crippen LogP contribution in [0.15, 0.2) is 24.3 Å². The summed E-state index contributed by atoms with van der Waals surface area (Å²) in [5.41, 5.74) is 0.178.